The third-order valence-corrected chi connectivity index (χ3v) is 3.12. The van der Waals surface area contributed by atoms with Crippen LogP contribution < -0.4 is 4.74 Å². The van der Waals surface area contributed by atoms with E-state index in [1.54, 1.807) is 12.4 Å². The Hall–Kier alpha value is -1.94. The molecule has 0 bridgehead atoms. The fourth-order valence-corrected chi connectivity index (χ4v) is 2.16. The van der Waals surface area contributed by atoms with Gasteiger partial charge in [0, 0.05) is 18.2 Å². The Kier molecular flexibility index (Phi) is 2.72. The lowest BCUT2D eigenvalue weighted by Crippen LogP contribution is -2.05. The van der Waals surface area contributed by atoms with E-state index in [2.05, 4.69) is 9.97 Å². The minimum absolute atomic E-state index is 0.546. The van der Waals surface area contributed by atoms with E-state index in [-0.39, 0.29) is 0 Å². The van der Waals surface area contributed by atoms with Gasteiger partial charge in [0.2, 0.25) is 0 Å². The number of nitrogens with zero attached hydrogens (tertiary/aromatic N) is 2. The molecule has 0 saturated carbocycles. The zero-order valence-corrected chi connectivity index (χ0v) is 10.1. The summed E-state index contributed by atoms with van der Waals surface area (Å²) in [6, 6.07) is 5.84. The fourth-order valence-electron chi connectivity index (χ4n) is 2.16. The highest BCUT2D eigenvalue weighted by atomic mass is 16.5. The van der Waals surface area contributed by atoms with Gasteiger partial charge in [-0.3, -0.25) is 9.97 Å². The molecule has 92 valence electrons. The standard InChI is InChI=1S/C14H14N2O2/c1-9-7-16-12(8-15-9)13(17)11-4-2-3-10-5-6-18-14(10)11/h2-4,7-8,13,17H,5-6H2,1H3. The Bertz CT molecular complexity index is 567. The van der Waals surface area contributed by atoms with Gasteiger partial charge in [-0.25, -0.2) is 0 Å². The van der Waals surface area contributed by atoms with E-state index in [4.69, 9.17) is 4.74 Å². The summed E-state index contributed by atoms with van der Waals surface area (Å²) >= 11 is 0. The number of benzene rings is 1. The molecule has 3 rings (SSSR count). The topological polar surface area (TPSA) is 55.2 Å². The lowest BCUT2D eigenvalue weighted by atomic mass is 10.0. The number of aromatic nitrogens is 2. The van der Waals surface area contributed by atoms with Crippen LogP contribution in [0.2, 0.25) is 0 Å². The number of hydrogen-bond donors (Lipinski definition) is 1. The molecule has 0 saturated heterocycles. The molecule has 4 heteroatoms. The molecular weight excluding hydrogens is 228 g/mol. The van der Waals surface area contributed by atoms with Crippen LogP contribution in [-0.4, -0.2) is 21.7 Å². The maximum absolute atomic E-state index is 10.4. The van der Waals surface area contributed by atoms with Gasteiger partial charge in [0.05, 0.1) is 24.2 Å². The molecule has 2 heterocycles. The SMILES string of the molecule is Cc1cnc(C(O)c2cccc3c2OCC3)cn1. The Morgan fingerprint density at radius 3 is 2.94 bits per heavy atom. The predicted octanol–water partition coefficient (Wildman–Crippen LogP) is 1.80. The molecule has 2 aromatic rings. The van der Waals surface area contributed by atoms with Crippen molar-refractivity contribution in [1.29, 1.82) is 0 Å². The third kappa shape index (κ3) is 1.84. The first-order chi connectivity index (χ1) is 8.75. The van der Waals surface area contributed by atoms with Crippen molar-refractivity contribution in [3.63, 3.8) is 0 Å². The maximum Gasteiger partial charge on any atom is 0.128 e. The molecule has 1 atom stereocenters. The predicted molar refractivity (Wildman–Crippen MR) is 66.5 cm³/mol. The van der Waals surface area contributed by atoms with E-state index in [1.807, 2.05) is 25.1 Å². The van der Waals surface area contributed by atoms with Crippen LogP contribution >= 0.6 is 0 Å². The van der Waals surface area contributed by atoms with Crippen molar-refractivity contribution in [2.75, 3.05) is 6.61 Å². The van der Waals surface area contributed by atoms with Gasteiger partial charge in [-0.1, -0.05) is 18.2 Å². The van der Waals surface area contributed by atoms with E-state index in [1.165, 1.54) is 0 Å². The number of rotatable bonds is 2. The molecule has 1 aliphatic rings. The van der Waals surface area contributed by atoms with E-state index in [0.717, 1.165) is 29.0 Å². The number of aliphatic hydroxyl groups is 1. The van der Waals surface area contributed by atoms with E-state index in [9.17, 15) is 5.11 Å². The molecule has 4 nitrogen and oxygen atoms in total. The zero-order chi connectivity index (χ0) is 12.5. The average molecular weight is 242 g/mol. The summed E-state index contributed by atoms with van der Waals surface area (Å²) in [5, 5.41) is 10.4. The molecule has 1 aromatic heterocycles. The van der Waals surface area contributed by atoms with E-state index in [0.29, 0.717) is 12.3 Å². The molecule has 0 spiro atoms. The lowest BCUT2D eigenvalue weighted by Gasteiger charge is -2.13. The molecule has 0 radical (unpaired) electrons. The molecule has 1 unspecified atom stereocenters. The molecule has 0 amide bonds. The second-order valence-electron chi connectivity index (χ2n) is 4.42. The molecule has 1 aromatic carbocycles. The largest absolute Gasteiger partial charge is 0.493 e. The number of para-hydroxylation sites is 1. The van der Waals surface area contributed by atoms with Crippen LogP contribution in [0.25, 0.3) is 0 Å². The highest BCUT2D eigenvalue weighted by Crippen LogP contribution is 2.35. The van der Waals surface area contributed by atoms with Crippen LogP contribution in [0.15, 0.2) is 30.6 Å². The zero-order valence-electron chi connectivity index (χ0n) is 10.1. The second kappa shape index (κ2) is 4.38. The van der Waals surface area contributed by atoms with Gasteiger partial charge in [-0.15, -0.1) is 0 Å². The second-order valence-corrected chi connectivity index (χ2v) is 4.42. The Balaban J connectivity index is 2.00. The highest BCUT2D eigenvalue weighted by Gasteiger charge is 2.22. The summed E-state index contributed by atoms with van der Waals surface area (Å²) in [6.45, 7) is 2.55. The summed E-state index contributed by atoms with van der Waals surface area (Å²) < 4.78 is 5.59. The van der Waals surface area contributed by atoms with Crippen molar-refractivity contribution in [1.82, 2.24) is 9.97 Å². The normalized spacial score (nSPS) is 15.0. The summed E-state index contributed by atoms with van der Waals surface area (Å²) in [5.74, 6) is 0.798. The third-order valence-electron chi connectivity index (χ3n) is 3.12. The van der Waals surface area contributed by atoms with E-state index >= 15 is 0 Å². The van der Waals surface area contributed by atoms with Crippen LogP contribution in [0, 0.1) is 6.92 Å². The minimum atomic E-state index is -0.786. The van der Waals surface area contributed by atoms with Gasteiger partial charge in [0.1, 0.15) is 11.9 Å². The minimum Gasteiger partial charge on any atom is -0.493 e. The van der Waals surface area contributed by atoms with Crippen molar-refractivity contribution < 1.29 is 9.84 Å². The van der Waals surface area contributed by atoms with Crippen LogP contribution in [0.5, 0.6) is 5.75 Å². The number of fused-ring (bicyclic) bond motifs is 1. The number of ether oxygens (including phenoxy) is 1. The number of hydrogen-bond acceptors (Lipinski definition) is 4. The summed E-state index contributed by atoms with van der Waals surface area (Å²) in [4.78, 5) is 8.37. The number of aryl methyl sites for hydroxylation is 1. The maximum atomic E-state index is 10.4. The van der Waals surface area contributed by atoms with Gasteiger partial charge in [0.25, 0.3) is 0 Å². The van der Waals surface area contributed by atoms with Crippen molar-refractivity contribution in [3.8, 4) is 5.75 Å². The summed E-state index contributed by atoms with van der Waals surface area (Å²) in [7, 11) is 0. The first-order valence-electron chi connectivity index (χ1n) is 5.97. The van der Waals surface area contributed by atoms with Gasteiger partial charge in [-0.2, -0.15) is 0 Å². The Morgan fingerprint density at radius 2 is 2.17 bits per heavy atom. The van der Waals surface area contributed by atoms with Crippen LogP contribution in [0.1, 0.15) is 28.6 Å². The molecular formula is C14H14N2O2. The summed E-state index contributed by atoms with van der Waals surface area (Å²) in [6.07, 6.45) is 3.37. The van der Waals surface area contributed by atoms with Gasteiger partial charge in [-0.05, 0) is 12.5 Å². The smallest absolute Gasteiger partial charge is 0.128 e. The van der Waals surface area contributed by atoms with Gasteiger partial charge >= 0.3 is 0 Å². The highest BCUT2D eigenvalue weighted by molar-refractivity contribution is 5.46. The van der Waals surface area contributed by atoms with Gasteiger partial charge in [0.15, 0.2) is 0 Å². The quantitative estimate of drug-likeness (QED) is 0.872. The number of aliphatic hydroxyl groups excluding tert-OH is 1. The van der Waals surface area contributed by atoms with Crippen LogP contribution in [0.4, 0.5) is 0 Å². The first kappa shape index (κ1) is 11.2. The fraction of sp³-hybridized carbons (Fsp3) is 0.286. The van der Waals surface area contributed by atoms with Crippen molar-refractivity contribution in [2.24, 2.45) is 0 Å². The van der Waals surface area contributed by atoms with E-state index < -0.39 is 6.10 Å². The molecule has 1 aliphatic heterocycles. The van der Waals surface area contributed by atoms with Crippen molar-refractivity contribution in [2.45, 2.75) is 19.4 Å². The van der Waals surface area contributed by atoms with Crippen LogP contribution in [-0.2, 0) is 6.42 Å². The molecule has 1 N–H and O–H groups in total. The van der Waals surface area contributed by atoms with Crippen molar-refractivity contribution >= 4 is 0 Å². The molecule has 0 aliphatic carbocycles. The van der Waals surface area contributed by atoms with Crippen LogP contribution in [0.3, 0.4) is 0 Å². The monoisotopic (exact) mass is 242 g/mol. The molecule has 0 fully saturated rings. The average Bonchev–Trinajstić information content (AvgIpc) is 2.87. The summed E-state index contributed by atoms with van der Waals surface area (Å²) in [5.41, 5.74) is 3.29. The Labute approximate surface area is 105 Å². The lowest BCUT2D eigenvalue weighted by molar-refractivity contribution is 0.208. The van der Waals surface area contributed by atoms with Gasteiger partial charge < -0.3 is 9.84 Å². The first-order valence-corrected chi connectivity index (χ1v) is 5.97. The molecule has 18 heavy (non-hydrogen) atoms. The Morgan fingerprint density at radius 1 is 1.28 bits per heavy atom. The van der Waals surface area contributed by atoms with Crippen molar-refractivity contribution in [3.05, 3.63) is 53.1 Å².